The lowest BCUT2D eigenvalue weighted by Crippen LogP contribution is -2.52. The monoisotopic (exact) mass is 486 g/mol. The number of hydroxylamine groups is 1. The minimum absolute atomic E-state index is 0.0232. The third kappa shape index (κ3) is 8.19. The number of carbonyl (C=O) groups is 3. The summed E-state index contributed by atoms with van der Waals surface area (Å²) in [6.45, 7) is 1.78. The predicted molar refractivity (Wildman–Crippen MR) is 139 cm³/mol. The molecule has 0 fully saturated rings. The molecule has 0 saturated carbocycles. The van der Waals surface area contributed by atoms with Gasteiger partial charge in [0.05, 0.1) is 6.54 Å². The van der Waals surface area contributed by atoms with E-state index < -0.39 is 17.9 Å². The van der Waals surface area contributed by atoms with Crippen LogP contribution >= 0.6 is 0 Å². The fourth-order valence-corrected chi connectivity index (χ4v) is 3.41. The van der Waals surface area contributed by atoms with Crippen LogP contribution in [0.2, 0.25) is 0 Å². The molecule has 3 rings (SSSR count). The molecule has 5 N–H and O–H groups in total. The fraction of sp³-hybridized carbons (Fsp3) is 0.179. The van der Waals surface area contributed by atoms with Gasteiger partial charge >= 0.3 is 0 Å². The van der Waals surface area contributed by atoms with Crippen LogP contribution < -0.4 is 21.4 Å². The largest absolute Gasteiger partial charge is 0.352 e. The summed E-state index contributed by atoms with van der Waals surface area (Å²) in [5.41, 5.74) is 4.87. The van der Waals surface area contributed by atoms with Crippen molar-refractivity contribution in [3.63, 3.8) is 0 Å². The number of benzene rings is 3. The predicted octanol–water partition coefficient (Wildman–Crippen LogP) is 2.93. The maximum Gasteiger partial charge on any atom is 0.267 e. The summed E-state index contributed by atoms with van der Waals surface area (Å²) in [7, 11) is 0. The summed E-state index contributed by atoms with van der Waals surface area (Å²) >= 11 is 0. The number of nitrogens with one attached hydrogen (secondary N) is 4. The zero-order chi connectivity index (χ0) is 25.8. The van der Waals surface area contributed by atoms with Crippen LogP contribution in [0.3, 0.4) is 0 Å². The Morgan fingerprint density at radius 1 is 0.833 bits per heavy atom. The average Bonchev–Trinajstić information content (AvgIpc) is 2.93. The Morgan fingerprint density at radius 2 is 1.42 bits per heavy atom. The summed E-state index contributed by atoms with van der Waals surface area (Å²) in [5.74, 6) is -1.69. The Kier molecular flexibility index (Phi) is 9.93. The van der Waals surface area contributed by atoms with Gasteiger partial charge in [-0.1, -0.05) is 84.9 Å². The lowest BCUT2D eigenvalue weighted by Gasteiger charge is -2.18. The van der Waals surface area contributed by atoms with E-state index in [1.54, 1.807) is 24.3 Å². The highest BCUT2D eigenvalue weighted by Crippen LogP contribution is 2.11. The van der Waals surface area contributed by atoms with Crippen LogP contribution in [0.4, 0.5) is 0 Å². The van der Waals surface area contributed by atoms with Gasteiger partial charge < -0.3 is 16.0 Å². The molecule has 0 bridgehead atoms. The molecular formula is C28H30N4O4. The number of carbonyl (C=O) groups excluding carboxylic acids is 3. The first kappa shape index (κ1) is 26.3. The maximum atomic E-state index is 12.7. The third-order valence-corrected chi connectivity index (χ3v) is 5.54. The van der Waals surface area contributed by atoms with Crippen molar-refractivity contribution in [1.82, 2.24) is 21.4 Å². The second kappa shape index (κ2) is 13.6. The van der Waals surface area contributed by atoms with E-state index in [1.165, 1.54) is 5.48 Å². The number of rotatable bonds is 11. The summed E-state index contributed by atoms with van der Waals surface area (Å²) in [5, 5.41) is 17.3. The lowest BCUT2D eigenvalue weighted by atomic mass is 10.1. The molecule has 3 aromatic carbocycles. The van der Waals surface area contributed by atoms with E-state index in [2.05, 4.69) is 16.0 Å². The quantitative estimate of drug-likeness (QED) is 0.162. The molecule has 8 nitrogen and oxygen atoms in total. The van der Waals surface area contributed by atoms with Gasteiger partial charge in [0.25, 0.3) is 11.8 Å². The fourth-order valence-electron chi connectivity index (χ4n) is 3.41. The summed E-state index contributed by atoms with van der Waals surface area (Å²) in [4.78, 5) is 37.0. The van der Waals surface area contributed by atoms with Crippen molar-refractivity contribution in [3.8, 4) is 0 Å². The van der Waals surface area contributed by atoms with Crippen LogP contribution in [0.15, 0.2) is 84.9 Å². The van der Waals surface area contributed by atoms with E-state index in [0.717, 1.165) is 16.7 Å². The summed E-state index contributed by atoms with van der Waals surface area (Å²) in [6, 6.07) is 25.2. The zero-order valence-electron chi connectivity index (χ0n) is 20.0. The normalized spacial score (nSPS) is 12.5. The molecule has 2 atom stereocenters. The highest BCUT2D eigenvalue weighted by Gasteiger charge is 2.22. The van der Waals surface area contributed by atoms with Gasteiger partial charge in [-0.25, -0.2) is 5.48 Å². The van der Waals surface area contributed by atoms with Crippen LogP contribution in [-0.2, 0) is 9.59 Å². The van der Waals surface area contributed by atoms with E-state index in [1.807, 2.05) is 79.7 Å². The maximum absolute atomic E-state index is 12.7. The van der Waals surface area contributed by atoms with Crippen LogP contribution in [0, 0.1) is 0 Å². The summed E-state index contributed by atoms with van der Waals surface area (Å²) < 4.78 is 0. The molecule has 0 spiro atoms. The molecule has 0 aliphatic rings. The van der Waals surface area contributed by atoms with Crippen molar-refractivity contribution in [2.24, 2.45) is 0 Å². The molecule has 36 heavy (non-hydrogen) atoms. The molecule has 186 valence electrons. The van der Waals surface area contributed by atoms with E-state index in [4.69, 9.17) is 5.21 Å². The molecule has 0 aromatic heterocycles. The van der Waals surface area contributed by atoms with E-state index in [-0.39, 0.29) is 25.0 Å². The van der Waals surface area contributed by atoms with Crippen molar-refractivity contribution in [2.75, 3.05) is 13.1 Å². The van der Waals surface area contributed by atoms with E-state index in [9.17, 15) is 14.4 Å². The molecule has 0 aliphatic carbocycles. The van der Waals surface area contributed by atoms with Gasteiger partial charge in [0.15, 0.2) is 0 Å². The molecule has 8 heteroatoms. The lowest BCUT2D eigenvalue weighted by molar-refractivity contribution is -0.131. The van der Waals surface area contributed by atoms with Crippen molar-refractivity contribution in [1.29, 1.82) is 0 Å². The molecule has 3 amide bonds. The van der Waals surface area contributed by atoms with Crippen LogP contribution in [0.5, 0.6) is 0 Å². The number of amides is 3. The standard InChI is InChI=1S/C28H30N4O4/c1-20(23-10-6-3-7-11-23)29-19-26(33)30-18-25(28(35)32-36)31-27(34)24-16-14-22(15-17-24)13-12-21-8-4-2-5-9-21/h2-17,20,25,29,36H,18-19H2,1H3,(H,30,33)(H,31,34)(H,32,35)/b13-12+/t20-,25+/m1/s1. The molecule has 0 heterocycles. The van der Waals surface area contributed by atoms with Gasteiger partial charge in [-0.3, -0.25) is 19.6 Å². The second-order valence-corrected chi connectivity index (χ2v) is 8.19. The number of hydrogen-bond donors (Lipinski definition) is 5. The highest BCUT2D eigenvalue weighted by atomic mass is 16.5. The second-order valence-electron chi connectivity index (χ2n) is 8.19. The Morgan fingerprint density at radius 3 is 2.03 bits per heavy atom. The topological polar surface area (TPSA) is 120 Å². The first-order valence-electron chi connectivity index (χ1n) is 11.6. The van der Waals surface area contributed by atoms with Gasteiger partial charge in [0, 0.05) is 18.2 Å². The van der Waals surface area contributed by atoms with Crippen LogP contribution in [-0.4, -0.2) is 42.1 Å². The van der Waals surface area contributed by atoms with Crippen LogP contribution in [0.25, 0.3) is 12.2 Å². The van der Waals surface area contributed by atoms with Gasteiger partial charge in [0.1, 0.15) is 6.04 Å². The average molecular weight is 487 g/mol. The minimum atomic E-state index is -1.16. The van der Waals surface area contributed by atoms with E-state index in [0.29, 0.717) is 5.56 Å². The smallest absolute Gasteiger partial charge is 0.267 e. The van der Waals surface area contributed by atoms with Gasteiger partial charge in [-0.15, -0.1) is 0 Å². The molecule has 3 aromatic rings. The van der Waals surface area contributed by atoms with Gasteiger partial charge in [-0.2, -0.15) is 0 Å². The van der Waals surface area contributed by atoms with Crippen LogP contribution in [0.1, 0.15) is 40.0 Å². The van der Waals surface area contributed by atoms with E-state index >= 15 is 0 Å². The highest BCUT2D eigenvalue weighted by molar-refractivity contribution is 5.97. The molecule has 0 aliphatic heterocycles. The van der Waals surface area contributed by atoms with Crippen molar-refractivity contribution >= 4 is 29.9 Å². The zero-order valence-corrected chi connectivity index (χ0v) is 20.0. The molecular weight excluding hydrogens is 456 g/mol. The Labute approximate surface area is 210 Å². The Bertz CT molecular complexity index is 1170. The summed E-state index contributed by atoms with van der Waals surface area (Å²) in [6.07, 6.45) is 3.90. The first-order valence-corrected chi connectivity index (χ1v) is 11.6. The molecule has 0 saturated heterocycles. The molecule has 0 radical (unpaired) electrons. The third-order valence-electron chi connectivity index (χ3n) is 5.54. The minimum Gasteiger partial charge on any atom is -0.352 e. The SMILES string of the molecule is C[C@@H](NCC(=O)NC[C@H](NC(=O)c1ccc(/C=C/c2ccccc2)cc1)C(=O)NO)c1ccccc1. The van der Waals surface area contributed by atoms with Crippen molar-refractivity contribution < 1.29 is 19.6 Å². The molecule has 0 unspecified atom stereocenters. The van der Waals surface area contributed by atoms with Crippen molar-refractivity contribution in [3.05, 3.63) is 107 Å². The number of hydrogen-bond acceptors (Lipinski definition) is 5. The van der Waals surface area contributed by atoms with Crippen molar-refractivity contribution in [2.45, 2.75) is 19.0 Å². The Balaban J connectivity index is 1.51. The van der Waals surface area contributed by atoms with Gasteiger partial charge in [-0.05, 0) is 35.7 Å². The first-order chi connectivity index (χ1) is 17.5. The van der Waals surface area contributed by atoms with Gasteiger partial charge in [0.2, 0.25) is 5.91 Å². The Hall–Kier alpha value is -4.27.